The van der Waals surface area contributed by atoms with E-state index in [2.05, 4.69) is 84.9 Å². The van der Waals surface area contributed by atoms with Gasteiger partial charge in [0.2, 0.25) is 0 Å². The van der Waals surface area contributed by atoms with Crippen LogP contribution < -0.4 is 0 Å². The van der Waals surface area contributed by atoms with Crippen molar-refractivity contribution in [3.05, 3.63) is 47.5 Å². The van der Waals surface area contributed by atoms with Crippen molar-refractivity contribution in [3.63, 3.8) is 0 Å². The van der Waals surface area contributed by atoms with Gasteiger partial charge in [0.15, 0.2) is 0 Å². The van der Waals surface area contributed by atoms with Crippen LogP contribution in [-0.4, -0.2) is 0 Å². The maximum absolute atomic E-state index is 2.41. The highest BCUT2D eigenvalue weighted by Gasteiger charge is 2.25. The number of benzene rings is 2. The minimum Gasteiger partial charge on any atom is -0.0649 e. The first-order chi connectivity index (χ1) is 10.1. The largest absolute Gasteiger partial charge is 0.0649 e. The van der Waals surface area contributed by atoms with Crippen LogP contribution in [0.2, 0.25) is 0 Å². The summed E-state index contributed by atoms with van der Waals surface area (Å²) in [6, 6.07) is 13.9. The fourth-order valence-electron chi connectivity index (χ4n) is 3.06. The highest BCUT2D eigenvalue weighted by atomic mass is 14.3. The maximum atomic E-state index is 2.41. The van der Waals surface area contributed by atoms with E-state index in [1.165, 1.54) is 28.3 Å². The molecule has 0 aliphatic rings. The SMILES string of the molecule is CCC(C)(C)C(C)c1ccc2ccc(CC(C)(C)C)cc2c1. The Bertz CT molecular complexity index is 641. The van der Waals surface area contributed by atoms with Crippen molar-refractivity contribution in [2.75, 3.05) is 0 Å². The van der Waals surface area contributed by atoms with Crippen LogP contribution in [0.1, 0.15) is 71.9 Å². The molecule has 22 heavy (non-hydrogen) atoms. The predicted octanol–water partition coefficient (Wildman–Crippen LogP) is 6.97. The van der Waals surface area contributed by atoms with Crippen molar-refractivity contribution < 1.29 is 0 Å². The van der Waals surface area contributed by atoms with Gasteiger partial charge in [0.25, 0.3) is 0 Å². The predicted molar refractivity (Wildman–Crippen MR) is 99.6 cm³/mol. The third kappa shape index (κ3) is 3.91. The highest BCUT2D eigenvalue weighted by molar-refractivity contribution is 5.84. The smallest absolute Gasteiger partial charge is 0.0139 e. The van der Waals surface area contributed by atoms with E-state index >= 15 is 0 Å². The van der Waals surface area contributed by atoms with Crippen LogP contribution in [0.15, 0.2) is 36.4 Å². The van der Waals surface area contributed by atoms with Gasteiger partial charge in [0.05, 0.1) is 0 Å². The monoisotopic (exact) mass is 296 g/mol. The second kappa shape index (κ2) is 6.07. The first-order valence-corrected chi connectivity index (χ1v) is 8.65. The van der Waals surface area contributed by atoms with Crippen molar-refractivity contribution in [2.45, 2.75) is 67.2 Å². The molecule has 1 atom stereocenters. The average molecular weight is 296 g/mol. The lowest BCUT2D eigenvalue weighted by Crippen LogP contribution is -2.18. The van der Waals surface area contributed by atoms with E-state index in [0.29, 0.717) is 16.7 Å². The Balaban J connectivity index is 2.40. The second-order valence-corrected chi connectivity index (χ2v) is 8.74. The third-order valence-corrected chi connectivity index (χ3v) is 5.25. The zero-order valence-corrected chi connectivity index (χ0v) is 15.5. The van der Waals surface area contributed by atoms with Gasteiger partial charge in [-0.05, 0) is 45.1 Å². The van der Waals surface area contributed by atoms with Gasteiger partial charge < -0.3 is 0 Å². The molecule has 0 saturated heterocycles. The molecule has 0 amide bonds. The average Bonchev–Trinajstić information content (AvgIpc) is 2.44. The van der Waals surface area contributed by atoms with Gasteiger partial charge in [-0.2, -0.15) is 0 Å². The molecule has 0 bridgehead atoms. The van der Waals surface area contributed by atoms with Crippen molar-refractivity contribution in [1.82, 2.24) is 0 Å². The van der Waals surface area contributed by atoms with Gasteiger partial charge in [-0.1, -0.05) is 91.3 Å². The lowest BCUT2D eigenvalue weighted by atomic mass is 9.74. The number of fused-ring (bicyclic) bond motifs is 1. The number of hydrogen-bond donors (Lipinski definition) is 0. The zero-order valence-electron chi connectivity index (χ0n) is 15.5. The van der Waals surface area contributed by atoms with Crippen LogP contribution in [0, 0.1) is 10.8 Å². The Morgan fingerprint density at radius 1 is 0.864 bits per heavy atom. The van der Waals surface area contributed by atoms with Crippen LogP contribution in [-0.2, 0) is 6.42 Å². The summed E-state index contributed by atoms with van der Waals surface area (Å²) in [6.07, 6.45) is 2.33. The Morgan fingerprint density at radius 2 is 1.50 bits per heavy atom. The van der Waals surface area contributed by atoms with Crippen LogP contribution in [0.4, 0.5) is 0 Å². The van der Waals surface area contributed by atoms with Gasteiger partial charge >= 0.3 is 0 Å². The lowest BCUT2D eigenvalue weighted by Gasteiger charge is -2.31. The van der Waals surface area contributed by atoms with E-state index in [4.69, 9.17) is 0 Å². The first-order valence-electron chi connectivity index (χ1n) is 8.65. The van der Waals surface area contributed by atoms with Crippen LogP contribution >= 0.6 is 0 Å². The maximum Gasteiger partial charge on any atom is -0.0139 e. The molecule has 2 rings (SSSR count). The summed E-state index contributed by atoms with van der Waals surface area (Å²) in [4.78, 5) is 0. The van der Waals surface area contributed by atoms with Crippen molar-refractivity contribution in [1.29, 1.82) is 0 Å². The molecule has 0 spiro atoms. The molecular weight excluding hydrogens is 264 g/mol. The summed E-state index contributed by atoms with van der Waals surface area (Å²) in [5, 5.41) is 2.74. The lowest BCUT2D eigenvalue weighted by molar-refractivity contribution is 0.289. The first kappa shape index (κ1) is 17.1. The Hall–Kier alpha value is -1.30. The summed E-state index contributed by atoms with van der Waals surface area (Å²) < 4.78 is 0. The van der Waals surface area contributed by atoms with Crippen LogP contribution in [0.5, 0.6) is 0 Å². The van der Waals surface area contributed by atoms with Gasteiger partial charge in [-0.15, -0.1) is 0 Å². The van der Waals surface area contributed by atoms with E-state index < -0.39 is 0 Å². The molecule has 120 valence electrons. The molecule has 2 aromatic rings. The molecule has 0 heterocycles. The van der Waals surface area contributed by atoms with E-state index in [1.54, 1.807) is 0 Å². The Morgan fingerprint density at radius 3 is 2.09 bits per heavy atom. The molecule has 0 aliphatic carbocycles. The normalized spacial score (nSPS) is 14.3. The molecule has 0 aromatic heterocycles. The standard InChI is InChI=1S/C22H32/c1-8-22(6,7)16(2)19-12-11-18-10-9-17(13-20(18)14-19)15-21(3,4)5/h9-14,16H,8,15H2,1-7H3. The third-order valence-electron chi connectivity index (χ3n) is 5.25. The summed E-state index contributed by atoms with van der Waals surface area (Å²) >= 11 is 0. The fourth-order valence-corrected chi connectivity index (χ4v) is 3.06. The van der Waals surface area contributed by atoms with E-state index in [9.17, 15) is 0 Å². The summed E-state index contributed by atoms with van der Waals surface area (Å²) in [5.74, 6) is 0.577. The van der Waals surface area contributed by atoms with Crippen LogP contribution in [0.3, 0.4) is 0 Å². The Labute approximate surface area is 136 Å². The molecule has 0 radical (unpaired) electrons. The van der Waals surface area contributed by atoms with E-state index in [1.807, 2.05) is 0 Å². The quantitative estimate of drug-likeness (QED) is 0.571. The zero-order chi connectivity index (χ0) is 16.5. The molecule has 0 nitrogen and oxygen atoms in total. The molecule has 0 fully saturated rings. The van der Waals surface area contributed by atoms with Gasteiger partial charge in [0, 0.05) is 0 Å². The minimum absolute atomic E-state index is 0.336. The number of hydrogen-bond acceptors (Lipinski definition) is 0. The minimum atomic E-state index is 0.336. The number of rotatable bonds is 4. The van der Waals surface area contributed by atoms with E-state index in [0.717, 1.165) is 6.42 Å². The van der Waals surface area contributed by atoms with Crippen LogP contribution in [0.25, 0.3) is 10.8 Å². The topological polar surface area (TPSA) is 0 Å². The van der Waals surface area contributed by atoms with Gasteiger partial charge in [0.1, 0.15) is 0 Å². The molecule has 1 unspecified atom stereocenters. The van der Waals surface area contributed by atoms with Crippen molar-refractivity contribution >= 4 is 10.8 Å². The molecule has 2 aromatic carbocycles. The highest BCUT2D eigenvalue weighted by Crippen LogP contribution is 2.38. The molecular formula is C22H32. The molecule has 0 N–H and O–H groups in total. The fraction of sp³-hybridized carbons (Fsp3) is 0.545. The summed E-state index contributed by atoms with van der Waals surface area (Å²) in [6.45, 7) is 16.3. The van der Waals surface area contributed by atoms with Crippen molar-refractivity contribution in [3.8, 4) is 0 Å². The van der Waals surface area contributed by atoms with Gasteiger partial charge in [-0.3, -0.25) is 0 Å². The second-order valence-electron chi connectivity index (χ2n) is 8.74. The molecule has 0 heteroatoms. The molecule has 0 saturated carbocycles. The Kier molecular flexibility index (Phi) is 4.70. The summed E-state index contributed by atoms with van der Waals surface area (Å²) in [5.41, 5.74) is 3.59. The van der Waals surface area contributed by atoms with E-state index in [-0.39, 0.29) is 0 Å². The van der Waals surface area contributed by atoms with Gasteiger partial charge in [-0.25, -0.2) is 0 Å². The molecule has 0 aliphatic heterocycles. The van der Waals surface area contributed by atoms with Crippen molar-refractivity contribution in [2.24, 2.45) is 10.8 Å². The summed E-state index contributed by atoms with van der Waals surface area (Å²) in [7, 11) is 0.